The zero-order valence-electron chi connectivity index (χ0n) is 10.5. The van der Waals surface area contributed by atoms with Gasteiger partial charge in [0.2, 0.25) is 0 Å². The van der Waals surface area contributed by atoms with Crippen LogP contribution in [0.4, 0.5) is 0 Å². The lowest BCUT2D eigenvalue weighted by Gasteiger charge is -2.16. The van der Waals surface area contributed by atoms with Crippen LogP contribution in [0.3, 0.4) is 0 Å². The Kier molecular flexibility index (Phi) is 2.73. The quantitative estimate of drug-likeness (QED) is 0.620. The average molecular weight is 246 g/mol. The monoisotopic (exact) mass is 246 g/mol. The lowest BCUT2D eigenvalue weighted by Crippen LogP contribution is -2.26. The van der Waals surface area contributed by atoms with Crippen molar-refractivity contribution in [3.05, 3.63) is 40.2 Å². The van der Waals surface area contributed by atoms with E-state index in [1.165, 1.54) is 0 Å². The molecule has 4 heteroatoms. The van der Waals surface area contributed by atoms with Crippen LogP contribution in [0.15, 0.2) is 33.5 Å². The summed E-state index contributed by atoms with van der Waals surface area (Å²) in [4.78, 5) is 23.9. The number of aromatic hydroxyl groups is 1. The van der Waals surface area contributed by atoms with Gasteiger partial charge in [-0.1, -0.05) is 32.9 Å². The minimum absolute atomic E-state index is 0.269. The highest BCUT2D eigenvalue weighted by Gasteiger charge is 2.30. The van der Waals surface area contributed by atoms with Gasteiger partial charge in [0.15, 0.2) is 5.78 Å². The first kappa shape index (κ1) is 12.4. The van der Waals surface area contributed by atoms with Crippen molar-refractivity contribution in [3.8, 4) is 5.75 Å². The van der Waals surface area contributed by atoms with Crippen molar-refractivity contribution in [2.45, 2.75) is 20.8 Å². The van der Waals surface area contributed by atoms with Crippen LogP contribution in [0.25, 0.3) is 11.0 Å². The van der Waals surface area contributed by atoms with Gasteiger partial charge >= 0.3 is 5.63 Å². The second kappa shape index (κ2) is 3.98. The first-order valence-electron chi connectivity index (χ1n) is 5.62. The van der Waals surface area contributed by atoms with E-state index in [0.29, 0.717) is 5.39 Å². The highest BCUT2D eigenvalue weighted by atomic mass is 16.4. The fourth-order valence-corrected chi connectivity index (χ4v) is 1.71. The van der Waals surface area contributed by atoms with Crippen LogP contribution in [0.1, 0.15) is 31.1 Å². The second-order valence-corrected chi connectivity index (χ2v) is 5.19. The van der Waals surface area contributed by atoms with Crippen molar-refractivity contribution in [2.24, 2.45) is 5.41 Å². The number of benzene rings is 1. The van der Waals surface area contributed by atoms with E-state index >= 15 is 0 Å². The maximum absolute atomic E-state index is 12.1. The summed E-state index contributed by atoms with van der Waals surface area (Å²) >= 11 is 0. The Morgan fingerprint density at radius 1 is 1.22 bits per heavy atom. The maximum Gasteiger partial charge on any atom is 0.351 e. The minimum atomic E-state index is -0.800. The van der Waals surface area contributed by atoms with E-state index in [0.717, 1.165) is 0 Å². The Morgan fingerprint density at radius 2 is 1.83 bits per heavy atom. The Bertz CT molecular complexity index is 674. The zero-order valence-corrected chi connectivity index (χ0v) is 10.5. The van der Waals surface area contributed by atoms with Crippen molar-refractivity contribution >= 4 is 16.8 Å². The highest BCUT2D eigenvalue weighted by molar-refractivity contribution is 6.05. The maximum atomic E-state index is 12.1. The number of para-hydroxylation sites is 1. The molecule has 0 saturated carbocycles. The predicted molar refractivity (Wildman–Crippen MR) is 67.9 cm³/mol. The van der Waals surface area contributed by atoms with Crippen LogP contribution in [-0.2, 0) is 0 Å². The summed E-state index contributed by atoms with van der Waals surface area (Å²) in [5.74, 6) is -0.735. The van der Waals surface area contributed by atoms with E-state index in [-0.39, 0.29) is 16.9 Å². The fourth-order valence-electron chi connectivity index (χ4n) is 1.71. The van der Waals surface area contributed by atoms with Crippen molar-refractivity contribution in [1.82, 2.24) is 0 Å². The summed E-state index contributed by atoms with van der Waals surface area (Å²) in [7, 11) is 0. The molecule has 0 unspecified atom stereocenters. The summed E-state index contributed by atoms with van der Waals surface area (Å²) in [6.45, 7) is 5.05. The third-order valence-corrected chi connectivity index (χ3v) is 2.69. The van der Waals surface area contributed by atoms with Gasteiger partial charge in [-0.2, -0.15) is 0 Å². The molecule has 4 nitrogen and oxygen atoms in total. The van der Waals surface area contributed by atoms with Gasteiger partial charge in [0.25, 0.3) is 0 Å². The molecule has 0 amide bonds. The molecule has 0 fully saturated rings. The first-order valence-corrected chi connectivity index (χ1v) is 5.62. The molecule has 1 heterocycles. The topological polar surface area (TPSA) is 67.5 Å². The Hall–Kier alpha value is -2.10. The first-order chi connectivity index (χ1) is 8.32. The zero-order chi connectivity index (χ0) is 13.5. The standard InChI is InChI=1S/C14H14O4/c1-14(2,3)12(16)10-11(15)8-6-4-5-7-9(8)18-13(10)17/h4-7,15H,1-3H3. The number of fused-ring (bicyclic) bond motifs is 1. The van der Waals surface area contributed by atoms with Gasteiger partial charge in [-0.3, -0.25) is 4.79 Å². The van der Waals surface area contributed by atoms with E-state index in [9.17, 15) is 14.7 Å². The number of ketones is 1. The molecule has 0 atom stereocenters. The van der Waals surface area contributed by atoms with Crippen LogP contribution in [-0.4, -0.2) is 10.9 Å². The van der Waals surface area contributed by atoms with E-state index in [4.69, 9.17) is 4.42 Å². The van der Waals surface area contributed by atoms with Crippen LogP contribution in [0, 0.1) is 5.41 Å². The van der Waals surface area contributed by atoms with Crippen molar-refractivity contribution in [1.29, 1.82) is 0 Å². The third-order valence-electron chi connectivity index (χ3n) is 2.69. The molecule has 94 valence electrons. The number of carbonyl (C=O) groups is 1. The molecule has 0 aliphatic carbocycles. The SMILES string of the molecule is CC(C)(C)C(=O)c1c(O)c2ccccc2oc1=O. The number of carbonyl (C=O) groups excluding carboxylic acids is 1. The fraction of sp³-hybridized carbons (Fsp3) is 0.286. The van der Waals surface area contributed by atoms with Gasteiger partial charge in [0.1, 0.15) is 16.9 Å². The largest absolute Gasteiger partial charge is 0.506 e. The van der Waals surface area contributed by atoms with Gasteiger partial charge in [0.05, 0.1) is 5.39 Å². The van der Waals surface area contributed by atoms with E-state index < -0.39 is 16.8 Å². The Balaban J connectivity index is 2.81. The Morgan fingerprint density at radius 3 is 2.44 bits per heavy atom. The molecule has 1 N–H and O–H groups in total. The van der Waals surface area contributed by atoms with Crippen molar-refractivity contribution in [3.63, 3.8) is 0 Å². The number of hydrogen-bond donors (Lipinski definition) is 1. The van der Waals surface area contributed by atoms with E-state index in [2.05, 4.69) is 0 Å². The van der Waals surface area contributed by atoms with Gasteiger partial charge in [-0.05, 0) is 12.1 Å². The lowest BCUT2D eigenvalue weighted by molar-refractivity contribution is 0.0851. The molecular formula is C14H14O4. The predicted octanol–water partition coefficient (Wildman–Crippen LogP) is 2.73. The molecule has 1 aromatic heterocycles. The highest BCUT2D eigenvalue weighted by Crippen LogP contribution is 2.30. The second-order valence-electron chi connectivity index (χ2n) is 5.19. The summed E-state index contributed by atoms with van der Waals surface area (Å²) in [6.07, 6.45) is 0. The normalized spacial score (nSPS) is 11.7. The van der Waals surface area contributed by atoms with E-state index in [1.54, 1.807) is 45.0 Å². The van der Waals surface area contributed by atoms with Gasteiger partial charge in [-0.15, -0.1) is 0 Å². The number of rotatable bonds is 1. The average Bonchev–Trinajstić information content (AvgIpc) is 2.27. The van der Waals surface area contributed by atoms with Crippen LogP contribution < -0.4 is 5.63 Å². The molecule has 18 heavy (non-hydrogen) atoms. The molecule has 0 aliphatic heterocycles. The smallest absolute Gasteiger partial charge is 0.351 e. The third kappa shape index (κ3) is 1.90. The molecule has 0 saturated heterocycles. The van der Waals surface area contributed by atoms with Crippen LogP contribution in [0.2, 0.25) is 0 Å². The summed E-state index contributed by atoms with van der Waals surface area (Å²) in [5, 5.41) is 10.4. The molecule has 0 spiro atoms. The van der Waals surface area contributed by atoms with Gasteiger partial charge < -0.3 is 9.52 Å². The molecular weight excluding hydrogens is 232 g/mol. The molecule has 0 bridgehead atoms. The molecule has 2 aromatic rings. The number of hydrogen-bond acceptors (Lipinski definition) is 4. The molecule has 0 aliphatic rings. The van der Waals surface area contributed by atoms with Crippen LogP contribution in [0.5, 0.6) is 5.75 Å². The van der Waals surface area contributed by atoms with Crippen molar-refractivity contribution < 1.29 is 14.3 Å². The molecule has 2 rings (SSSR count). The van der Waals surface area contributed by atoms with Crippen molar-refractivity contribution in [2.75, 3.05) is 0 Å². The molecule has 0 radical (unpaired) electrons. The van der Waals surface area contributed by atoms with Gasteiger partial charge in [0, 0.05) is 5.41 Å². The van der Waals surface area contributed by atoms with Gasteiger partial charge in [-0.25, -0.2) is 4.79 Å². The minimum Gasteiger partial charge on any atom is -0.506 e. The number of Topliss-reactive ketones (excluding diaryl/α,β-unsaturated/α-hetero) is 1. The summed E-state index contributed by atoms with van der Waals surface area (Å²) in [6, 6.07) is 6.57. The van der Waals surface area contributed by atoms with E-state index in [1.807, 2.05) is 0 Å². The lowest BCUT2D eigenvalue weighted by atomic mass is 9.86. The Labute approximate surface area is 104 Å². The molecule has 1 aromatic carbocycles. The summed E-state index contributed by atoms with van der Waals surface area (Å²) in [5.41, 5.74) is -1.56. The van der Waals surface area contributed by atoms with Crippen LogP contribution >= 0.6 is 0 Å². The summed E-state index contributed by atoms with van der Waals surface area (Å²) < 4.78 is 5.05.